The zero-order chi connectivity index (χ0) is 0. The molecule has 1 nitrogen and oxygen atoms in total. The molecule has 0 heterocycles. The minimum absolute atomic E-state index is 0. The molecule has 0 unspecified atom stereocenters. The van der Waals surface area contributed by atoms with Crippen LogP contribution in [-0.2, 0) is 39.1 Å². The molecular formula is AlCrNTi. The molecule has 0 atom stereocenters. The summed E-state index contributed by atoms with van der Waals surface area (Å²) in [5.74, 6) is 0. The molecule has 0 bridgehead atoms. The zero-order valence-corrected chi connectivity index (χ0v) is 5.92. The third-order valence-electron chi connectivity index (χ3n) is 0. The quantitative estimate of drug-likeness (QED) is 0.392. The van der Waals surface area contributed by atoms with Crippen molar-refractivity contribution in [3.8, 4) is 0 Å². The minimum atomic E-state index is 0. The van der Waals surface area contributed by atoms with E-state index in [1.54, 1.807) is 0 Å². The normalized spacial score (nSPS) is 0. The van der Waals surface area contributed by atoms with Crippen LogP contribution in [0, 0.1) is 0 Å². The van der Waals surface area contributed by atoms with Gasteiger partial charge in [-0.1, -0.05) is 0 Å². The zero-order valence-electron chi connectivity index (χ0n) is 1.93. The molecule has 0 rings (SSSR count). The van der Waals surface area contributed by atoms with Gasteiger partial charge in [-0.2, -0.15) is 0 Å². The van der Waals surface area contributed by atoms with Crippen LogP contribution in [0.25, 0.3) is 0 Å². The molecule has 0 aliphatic heterocycles. The molecule has 0 N–H and O–H groups in total. The Hall–Kier alpha value is 1.74. The molecule has 0 spiro atoms. The fourth-order valence-electron chi connectivity index (χ4n) is 0. The van der Waals surface area contributed by atoms with Crippen LogP contribution in [0.1, 0.15) is 0 Å². The van der Waals surface area contributed by atoms with Crippen molar-refractivity contribution >= 4 is 17.4 Å². The molecule has 6 radical (unpaired) electrons. The van der Waals surface area contributed by atoms with Gasteiger partial charge in [0.15, 0.2) is 0 Å². The molecule has 0 aromatic heterocycles. The van der Waals surface area contributed by atoms with E-state index in [0.29, 0.717) is 0 Å². The molecule has 0 amide bonds. The van der Waals surface area contributed by atoms with Crippen molar-refractivity contribution in [2.24, 2.45) is 0 Å². The van der Waals surface area contributed by atoms with Crippen LogP contribution in [-0.4, -0.2) is 17.4 Å². The van der Waals surface area contributed by atoms with Gasteiger partial charge in [0, 0.05) is 62.6 Å². The van der Waals surface area contributed by atoms with Gasteiger partial charge in [-0.15, -0.1) is 0 Å². The molecule has 0 saturated heterocycles. The van der Waals surface area contributed by atoms with Gasteiger partial charge >= 0.3 is 0 Å². The summed E-state index contributed by atoms with van der Waals surface area (Å²) in [5, 5.41) is 0. The summed E-state index contributed by atoms with van der Waals surface area (Å²) < 4.78 is 0. The Morgan fingerprint density at radius 3 is 1.00 bits per heavy atom. The molecule has 18 valence electrons. The summed E-state index contributed by atoms with van der Waals surface area (Å²) in [6, 6.07) is 0. The van der Waals surface area contributed by atoms with E-state index in [4.69, 9.17) is 0 Å². The van der Waals surface area contributed by atoms with Gasteiger partial charge in [-0.25, -0.2) is 0 Å². The first-order valence-corrected chi connectivity index (χ1v) is 0. The van der Waals surface area contributed by atoms with Crippen molar-refractivity contribution in [2.75, 3.05) is 0 Å². The summed E-state index contributed by atoms with van der Waals surface area (Å²) in [5.41, 5.74) is 0. The van der Waals surface area contributed by atoms with E-state index in [-0.39, 0.29) is 62.6 Å². The second kappa shape index (κ2) is 21.9. The van der Waals surface area contributed by atoms with E-state index >= 15 is 0 Å². The topological polar surface area (TPSA) is 30.5 Å². The van der Waals surface area contributed by atoms with E-state index in [1.807, 2.05) is 0 Å². The standard InChI is InChI=1S/Al.Cr.N.Ti. The molecule has 0 fully saturated rings. The molecule has 0 saturated carbocycles. The van der Waals surface area contributed by atoms with E-state index in [0.717, 1.165) is 0 Å². The predicted molar refractivity (Wildman–Crippen MR) is 7.89 cm³/mol. The van der Waals surface area contributed by atoms with Gasteiger partial charge in [0.05, 0.1) is 0 Å². The van der Waals surface area contributed by atoms with Crippen LogP contribution in [0.15, 0.2) is 0 Å². The fraction of sp³-hybridized carbons (Fsp3) is 0. The van der Waals surface area contributed by atoms with E-state index in [1.165, 1.54) is 0 Å². The van der Waals surface area contributed by atoms with Crippen LogP contribution in [0.5, 0.6) is 0 Å². The Morgan fingerprint density at radius 2 is 1.00 bits per heavy atom. The average molecular weight is 141 g/mol. The molecule has 0 aromatic rings. The average Bonchev–Trinajstić information content (AvgIpc) is 0. The van der Waals surface area contributed by atoms with Crippen molar-refractivity contribution in [2.45, 2.75) is 0 Å². The first-order valence-electron chi connectivity index (χ1n) is 0. The Balaban J connectivity index is 0. The largest absolute Gasteiger partial charge is 0 e. The maximum absolute atomic E-state index is 0. The maximum atomic E-state index is 0. The van der Waals surface area contributed by atoms with Crippen molar-refractivity contribution < 1.29 is 39.1 Å². The third kappa shape index (κ3) is 9.28. The minimum Gasteiger partial charge on any atom is 0 e. The van der Waals surface area contributed by atoms with Gasteiger partial charge < -0.3 is 0 Å². The Kier molecular flexibility index (Phi) is 233. The van der Waals surface area contributed by atoms with E-state index in [9.17, 15) is 0 Å². The molecular weight excluding hydrogens is 141 g/mol. The summed E-state index contributed by atoms with van der Waals surface area (Å²) in [7, 11) is 0. The molecule has 4 heavy (non-hydrogen) atoms. The molecule has 0 aliphatic rings. The van der Waals surface area contributed by atoms with Crippen LogP contribution >= 0.6 is 0 Å². The van der Waals surface area contributed by atoms with Gasteiger partial charge in [-0.3, -0.25) is 0 Å². The number of nitrogens with zero attached hydrogens (tertiary/aromatic N) is 1. The van der Waals surface area contributed by atoms with Crippen LogP contribution in [0.4, 0.5) is 0 Å². The second-order valence-electron chi connectivity index (χ2n) is 0. The molecule has 0 aromatic carbocycles. The maximum Gasteiger partial charge on any atom is 0 e. The van der Waals surface area contributed by atoms with Crippen molar-refractivity contribution in [3.05, 3.63) is 0 Å². The van der Waals surface area contributed by atoms with Crippen molar-refractivity contribution in [1.82, 2.24) is 6.15 Å². The molecule has 0 aliphatic carbocycles. The van der Waals surface area contributed by atoms with Crippen LogP contribution < -0.4 is 6.15 Å². The monoisotopic (exact) mass is 141 g/mol. The van der Waals surface area contributed by atoms with Gasteiger partial charge in [0.2, 0.25) is 0 Å². The van der Waals surface area contributed by atoms with Crippen LogP contribution in [0.2, 0.25) is 0 Å². The second-order valence-corrected chi connectivity index (χ2v) is 0. The number of hydrogen-bond donors (Lipinski definition) is 0. The van der Waals surface area contributed by atoms with Crippen LogP contribution in [0.3, 0.4) is 0 Å². The van der Waals surface area contributed by atoms with Crippen molar-refractivity contribution in [3.63, 3.8) is 0 Å². The summed E-state index contributed by atoms with van der Waals surface area (Å²) in [6.45, 7) is 0. The van der Waals surface area contributed by atoms with E-state index in [2.05, 4.69) is 0 Å². The predicted octanol–water partition coefficient (Wildman–Crippen LogP) is -0.866. The third-order valence-corrected chi connectivity index (χ3v) is 0. The summed E-state index contributed by atoms with van der Waals surface area (Å²) >= 11 is 0. The number of rotatable bonds is 0. The van der Waals surface area contributed by atoms with E-state index < -0.39 is 0 Å². The van der Waals surface area contributed by atoms with Gasteiger partial charge in [0.1, 0.15) is 0 Å². The van der Waals surface area contributed by atoms with Gasteiger partial charge in [0.25, 0.3) is 0 Å². The fourth-order valence-corrected chi connectivity index (χ4v) is 0. The van der Waals surface area contributed by atoms with Crippen molar-refractivity contribution in [1.29, 1.82) is 0 Å². The Bertz CT molecular complexity index is 8.00. The first-order chi connectivity index (χ1) is 0. The molecule has 4 heteroatoms. The Labute approximate surface area is 62.3 Å². The SMILES string of the molecule is [Al].[Cr].[N].[Ti]. The Morgan fingerprint density at radius 1 is 1.00 bits per heavy atom. The van der Waals surface area contributed by atoms with Gasteiger partial charge in [-0.05, 0) is 0 Å². The summed E-state index contributed by atoms with van der Waals surface area (Å²) in [4.78, 5) is 0. The first kappa shape index (κ1) is 42.6. The number of hydrogen-bond acceptors (Lipinski definition) is 0. The smallest absolute Gasteiger partial charge is 0 e. The summed E-state index contributed by atoms with van der Waals surface area (Å²) in [6.07, 6.45) is 0.